The first-order valence-corrected chi connectivity index (χ1v) is 9.64. The predicted octanol–water partition coefficient (Wildman–Crippen LogP) is 4.59. The molecule has 132 valence electrons. The Morgan fingerprint density at radius 2 is 1.72 bits per heavy atom. The molecule has 0 bridgehead atoms. The average molecular weight is 356 g/mol. The minimum Gasteiger partial charge on any atom is -0.450 e. The first kappa shape index (κ1) is 18.1. The quantitative estimate of drug-likeness (QED) is 0.712. The van der Waals surface area contributed by atoms with Gasteiger partial charge in [-0.25, -0.2) is 0 Å². The monoisotopic (exact) mass is 356 g/mol. The lowest BCUT2D eigenvalue weighted by atomic mass is 10.0. The molecule has 3 nitrogen and oxygen atoms in total. The van der Waals surface area contributed by atoms with Crippen molar-refractivity contribution in [2.24, 2.45) is 0 Å². The molecule has 0 spiro atoms. The number of para-hydroxylation sites is 1. The zero-order valence-corrected chi connectivity index (χ0v) is 15.3. The smallest absolute Gasteiger partial charge is 0.163 e. The molecule has 0 radical (unpaired) electrons. The van der Waals surface area contributed by atoms with Crippen molar-refractivity contribution in [1.82, 2.24) is 0 Å². The Morgan fingerprint density at radius 3 is 2.48 bits per heavy atom. The first-order chi connectivity index (χ1) is 12.2. The summed E-state index contributed by atoms with van der Waals surface area (Å²) in [5.41, 5.74) is 4.23. The van der Waals surface area contributed by atoms with Gasteiger partial charge in [-0.15, -0.1) is 0 Å². The highest BCUT2D eigenvalue weighted by Crippen LogP contribution is 2.41. The summed E-state index contributed by atoms with van der Waals surface area (Å²) in [7, 11) is 0. The highest BCUT2D eigenvalue weighted by Gasteiger charge is 2.25. The number of thioether (sulfide) groups is 1. The molecule has 1 aliphatic rings. The lowest BCUT2D eigenvalue weighted by Crippen LogP contribution is -2.12. The second kappa shape index (κ2) is 8.56. The molecule has 0 fully saturated rings. The fourth-order valence-corrected chi connectivity index (χ4v) is 3.84. The van der Waals surface area contributed by atoms with E-state index in [9.17, 15) is 5.11 Å². The lowest BCUT2D eigenvalue weighted by molar-refractivity contribution is 0.197. The van der Waals surface area contributed by atoms with Crippen molar-refractivity contribution in [3.05, 3.63) is 75.9 Å². The fourth-order valence-electron chi connectivity index (χ4n) is 2.86. The van der Waals surface area contributed by atoms with Gasteiger partial charge in [-0.2, -0.15) is 0 Å². The van der Waals surface area contributed by atoms with Crippen molar-refractivity contribution in [1.29, 1.82) is 0 Å². The third-order valence-corrected chi connectivity index (χ3v) is 5.56. The van der Waals surface area contributed by atoms with E-state index in [-0.39, 0.29) is 6.61 Å². The first-order valence-electron chi connectivity index (χ1n) is 8.66. The highest BCUT2D eigenvalue weighted by molar-refractivity contribution is 8.02. The molecule has 25 heavy (non-hydrogen) atoms. The van der Waals surface area contributed by atoms with E-state index in [2.05, 4.69) is 24.3 Å². The zero-order valence-electron chi connectivity index (χ0n) is 14.4. The van der Waals surface area contributed by atoms with Gasteiger partial charge in [0.25, 0.3) is 0 Å². The maximum absolute atomic E-state index is 10.5. The topological polar surface area (TPSA) is 49.7 Å². The lowest BCUT2D eigenvalue weighted by Gasteiger charge is -2.25. The van der Waals surface area contributed by atoms with Crippen LogP contribution < -0.4 is 4.74 Å². The standard InChI is InChI=1S/C21H24O3S/c1-15-20(23)18-7-2-3-8-19(18)24-21(15)25-14-17-11-9-16(10-12-17)6-4-5-13-22/h2-3,7-12,20,22-23H,4-6,13-14H2,1H3. The minimum absolute atomic E-state index is 0.262. The molecule has 0 aromatic heterocycles. The molecular weight excluding hydrogens is 332 g/mol. The van der Waals surface area contributed by atoms with Crippen LogP contribution in [-0.2, 0) is 12.2 Å². The van der Waals surface area contributed by atoms with E-state index >= 15 is 0 Å². The van der Waals surface area contributed by atoms with Gasteiger partial charge in [-0.1, -0.05) is 54.2 Å². The predicted molar refractivity (Wildman–Crippen MR) is 102 cm³/mol. The number of aliphatic hydroxyl groups excluding tert-OH is 2. The summed E-state index contributed by atoms with van der Waals surface area (Å²) in [6, 6.07) is 16.2. The molecular formula is C21H24O3S. The van der Waals surface area contributed by atoms with Gasteiger partial charge >= 0.3 is 0 Å². The van der Waals surface area contributed by atoms with Crippen LogP contribution in [0.25, 0.3) is 0 Å². The van der Waals surface area contributed by atoms with E-state index < -0.39 is 6.10 Å². The van der Waals surface area contributed by atoms with Crippen molar-refractivity contribution in [2.75, 3.05) is 6.61 Å². The molecule has 2 aromatic carbocycles. The van der Waals surface area contributed by atoms with Crippen molar-refractivity contribution in [3.63, 3.8) is 0 Å². The second-order valence-electron chi connectivity index (χ2n) is 6.30. The fraction of sp³-hybridized carbons (Fsp3) is 0.333. The van der Waals surface area contributed by atoms with Crippen LogP contribution in [0.4, 0.5) is 0 Å². The van der Waals surface area contributed by atoms with E-state index in [1.54, 1.807) is 11.8 Å². The van der Waals surface area contributed by atoms with E-state index in [0.29, 0.717) is 0 Å². The molecule has 4 heteroatoms. The summed E-state index contributed by atoms with van der Waals surface area (Å²) in [4.78, 5) is 0. The van der Waals surface area contributed by atoms with Gasteiger partial charge in [0.05, 0.1) is 0 Å². The highest BCUT2D eigenvalue weighted by atomic mass is 32.2. The van der Waals surface area contributed by atoms with Crippen LogP contribution in [0.15, 0.2) is 59.2 Å². The maximum Gasteiger partial charge on any atom is 0.163 e. The van der Waals surface area contributed by atoms with Crippen molar-refractivity contribution < 1.29 is 14.9 Å². The molecule has 1 unspecified atom stereocenters. The molecule has 1 heterocycles. The van der Waals surface area contributed by atoms with Crippen LogP contribution in [0.1, 0.15) is 42.6 Å². The Labute approximate surface area is 153 Å². The zero-order chi connectivity index (χ0) is 17.6. The number of aryl methyl sites for hydroxylation is 1. The van der Waals surface area contributed by atoms with Crippen LogP contribution in [0.2, 0.25) is 0 Å². The normalized spacial score (nSPS) is 16.5. The number of fused-ring (bicyclic) bond motifs is 1. The number of hydrogen-bond acceptors (Lipinski definition) is 4. The summed E-state index contributed by atoms with van der Waals surface area (Å²) in [6.07, 6.45) is 2.28. The van der Waals surface area contributed by atoms with E-state index in [1.807, 2.05) is 31.2 Å². The van der Waals surface area contributed by atoms with Gasteiger partial charge in [0.15, 0.2) is 5.09 Å². The molecule has 0 saturated carbocycles. The van der Waals surface area contributed by atoms with Crippen molar-refractivity contribution in [3.8, 4) is 5.75 Å². The van der Waals surface area contributed by atoms with E-state index in [0.717, 1.165) is 47.0 Å². The Bertz CT molecular complexity index is 737. The average Bonchev–Trinajstić information content (AvgIpc) is 2.65. The number of benzene rings is 2. The Balaban J connectivity index is 1.61. The number of aliphatic hydroxyl groups is 2. The molecule has 2 aromatic rings. The second-order valence-corrected chi connectivity index (χ2v) is 7.25. The van der Waals surface area contributed by atoms with Crippen molar-refractivity contribution in [2.45, 2.75) is 38.0 Å². The maximum atomic E-state index is 10.5. The van der Waals surface area contributed by atoms with Crippen molar-refractivity contribution >= 4 is 11.8 Å². The number of unbranched alkanes of at least 4 members (excludes halogenated alkanes) is 1. The molecule has 0 amide bonds. The van der Waals surface area contributed by atoms with Crippen LogP contribution in [-0.4, -0.2) is 16.8 Å². The van der Waals surface area contributed by atoms with Crippen LogP contribution in [0.3, 0.4) is 0 Å². The van der Waals surface area contributed by atoms with Gasteiger partial charge in [-0.05, 0) is 43.4 Å². The van der Waals surface area contributed by atoms with Gasteiger partial charge in [0.1, 0.15) is 11.9 Å². The van der Waals surface area contributed by atoms with Gasteiger partial charge in [0.2, 0.25) is 0 Å². The molecule has 1 atom stereocenters. The van der Waals surface area contributed by atoms with Gasteiger partial charge < -0.3 is 14.9 Å². The Hall–Kier alpha value is -1.75. The largest absolute Gasteiger partial charge is 0.450 e. The third kappa shape index (κ3) is 4.46. The molecule has 0 aliphatic carbocycles. The summed E-state index contributed by atoms with van der Waals surface area (Å²) in [6.45, 7) is 2.19. The number of rotatable bonds is 7. The third-order valence-electron chi connectivity index (χ3n) is 4.41. The van der Waals surface area contributed by atoms with Crippen LogP contribution in [0, 0.1) is 0 Å². The minimum atomic E-state index is -0.596. The summed E-state index contributed by atoms with van der Waals surface area (Å²) in [5.74, 6) is 1.54. The van der Waals surface area contributed by atoms with Crippen LogP contribution in [0.5, 0.6) is 5.75 Å². The summed E-state index contributed by atoms with van der Waals surface area (Å²) < 4.78 is 5.98. The number of ether oxygens (including phenoxy) is 1. The Kier molecular flexibility index (Phi) is 6.19. The molecule has 2 N–H and O–H groups in total. The summed E-state index contributed by atoms with van der Waals surface area (Å²) in [5, 5.41) is 20.1. The van der Waals surface area contributed by atoms with Crippen LogP contribution >= 0.6 is 11.8 Å². The van der Waals surface area contributed by atoms with Gasteiger partial charge in [-0.3, -0.25) is 0 Å². The Morgan fingerprint density at radius 1 is 1.00 bits per heavy atom. The van der Waals surface area contributed by atoms with E-state index in [4.69, 9.17) is 9.84 Å². The SMILES string of the molecule is CC1=C(SCc2ccc(CCCCO)cc2)Oc2ccccc2C1O. The van der Waals surface area contributed by atoms with E-state index in [1.165, 1.54) is 11.1 Å². The summed E-state index contributed by atoms with van der Waals surface area (Å²) >= 11 is 1.62. The molecule has 3 rings (SSSR count). The van der Waals surface area contributed by atoms with Gasteiger partial charge in [0, 0.05) is 23.5 Å². The number of hydrogen-bond donors (Lipinski definition) is 2. The molecule has 1 aliphatic heterocycles. The molecule has 0 saturated heterocycles.